The summed E-state index contributed by atoms with van der Waals surface area (Å²) in [5, 5.41) is 8.11. The number of nitrogens with zero attached hydrogens (tertiary/aromatic N) is 3. The molecule has 0 aliphatic heterocycles. The fourth-order valence-corrected chi connectivity index (χ4v) is 2.11. The van der Waals surface area contributed by atoms with Crippen LogP contribution in [-0.4, -0.2) is 22.1 Å². The van der Waals surface area contributed by atoms with Gasteiger partial charge >= 0.3 is 0 Å². The number of anilines is 1. The highest BCUT2D eigenvalue weighted by molar-refractivity contribution is 5.38. The highest BCUT2D eigenvalue weighted by Gasteiger charge is 2.23. The summed E-state index contributed by atoms with van der Waals surface area (Å²) in [4.78, 5) is 0. The molecule has 2 N–H and O–H groups in total. The van der Waals surface area contributed by atoms with Crippen molar-refractivity contribution in [2.75, 3.05) is 12.8 Å². The monoisotopic (exact) mass is 260 g/mol. The summed E-state index contributed by atoms with van der Waals surface area (Å²) < 4.78 is 7.00. The molecule has 0 unspecified atom stereocenters. The lowest BCUT2D eigenvalue weighted by molar-refractivity contribution is 0.414. The van der Waals surface area contributed by atoms with E-state index in [2.05, 4.69) is 31.1 Å². The molecular formula is C14H20N4O. The summed E-state index contributed by atoms with van der Waals surface area (Å²) in [7, 11) is 1.66. The van der Waals surface area contributed by atoms with E-state index in [1.807, 2.05) is 28.9 Å². The van der Waals surface area contributed by atoms with Gasteiger partial charge in [0.1, 0.15) is 5.75 Å². The third-order valence-electron chi connectivity index (χ3n) is 2.96. The van der Waals surface area contributed by atoms with E-state index in [1.165, 1.54) is 0 Å². The Morgan fingerprint density at radius 3 is 2.37 bits per heavy atom. The van der Waals surface area contributed by atoms with Crippen molar-refractivity contribution in [2.24, 2.45) is 0 Å². The molecule has 1 heterocycles. The summed E-state index contributed by atoms with van der Waals surface area (Å²) in [5.41, 5.74) is 7.93. The van der Waals surface area contributed by atoms with Gasteiger partial charge in [-0.05, 0) is 17.7 Å². The average molecular weight is 260 g/mol. The van der Waals surface area contributed by atoms with E-state index in [1.54, 1.807) is 7.11 Å². The second-order valence-electron chi connectivity index (χ2n) is 5.58. The van der Waals surface area contributed by atoms with Crippen LogP contribution >= 0.6 is 0 Å². The van der Waals surface area contributed by atoms with Crippen molar-refractivity contribution in [3.63, 3.8) is 0 Å². The molecule has 0 amide bonds. The highest BCUT2D eigenvalue weighted by atomic mass is 16.5. The fourth-order valence-electron chi connectivity index (χ4n) is 2.11. The Morgan fingerprint density at radius 1 is 1.21 bits per heavy atom. The van der Waals surface area contributed by atoms with Crippen LogP contribution in [0.2, 0.25) is 0 Å². The lowest BCUT2D eigenvalue weighted by Crippen LogP contribution is -2.20. The number of hydrogen-bond donors (Lipinski definition) is 1. The quantitative estimate of drug-likeness (QED) is 0.919. The van der Waals surface area contributed by atoms with Crippen molar-refractivity contribution in [1.29, 1.82) is 0 Å². The minimum absolute atomic E-state index is 0.0833. The van der Waals surface area contributed by atoms with Gasteiger partial charge in [-0.3, -0.25) is 0 Å². The molecule has 0 aliphatic carbocycles. The SMILES string of the molecule is COc1ccc(Cn2nnc(N)c2C(C)(C)C)cc1. The number of methoxy groups -OCH3 is 1. The third-order valence-corrected chi connectivity index (χ3v) is 2.96. The van der Waals surface area contributed by atoms with Gasteiger partial charge in [0.2, 0.25) is 0 Å². The Balaban J connectivity index is 2.28. The molecule has 102 valence electrons. The summed E-state index contributed by atoms with van der Waals surface area (Å²) in [6.45, 7) is 6.96. The van der Waals surface area contributed by atoms with Crippen LogP contribution < -0.4 is 10.5 Å². The van der Waals surface area contributed by atoms with Crippen molar-refractivity contribution in [1.82, 2.24) is 15.0 Å². The molecule has 1 aromatic heterocycles. The Bertz CT molecular complexity index is 552. The molecule has 2 rings (SSSR count). The largest absolute Gasteiger partial charge is 0.497 e. The minimum atomic E-state index is -0.0833. The second kappa shape index (κ2) is 4.91. The molecule has 0 radical (unpaired) electrons. The molecule has 0 atom stereocenters. The van der Waals surface area contributed by atoms with Crippen molar-refractivity contribution >= 4 is 5.82 Å². The van der Waals surface area contributed by atoms with Crippen LogP contribution in [0.5, 0.6) is 5.75 Å². The molecular weight excluding hydrogens is 240 g/mol. The Morgan fingerprint density at radius 2 is 1.84 bits per heavy atom. The maximum Gasteiger partial charge on any atom is 0.169 e. The lowest BCUT2D eigenvalue weighted by atomic mass is 9.92. The van der Waals surface area contributed by atoms with Crippen LogP contribution in [0.3, 0.4) is 0 Å². The first kappa shape index (κ1) is 13.4. The van der Waals surface area contributed by atoms with E-state index in [9.17, 15) is 0 Å². The van der Waals surface area contributed by atoms with E-state index in [0.29, 0.717) is 12.4 Å². The number of rotatable bonds is 3. The lowest BCUT2D eigenvalue weighted by Gasteiger charge is -2.20. The van der Waals surface area contributed by atoms with E-state index in [4.69, 9.17) is 10.5 Å². The maximum atomic E-state index is 5.91. The van der Waals surface area contributed by atoms with Gasteiger partial charge in [-0.15, -0.1) is 5.10 Å². The Hall–Kier alpha value is -2.04. The predicted molar refractivity (Wildman–Crippen MR) is 75.2 cm³/mol. The molecule has 0 bridgehead atoms. The van der Waals surface area contributed by atoms with Gasteiger partial charge in [-0.25, -0.2) is 4.68 Å². The molecule has 5 nitrogen and oxygen atoms in total. The standard InChI is InChI=1S/C14H20N4O/c1-14(2,3)12-13(15)16-17-18(12)9-10-5-7-11(19-4)8-6-10/h5-8H,9,15H2,1-4H3. The summed E-state index contributed by atoms with van der Waals surface area (Å²) in [6.07, 6.45) is 0. The maximum absolute atomic E-state index is 5.91. The number of nitrogen functional groups attached to an aromatic ring is 1. The first-order chi connectivity index (χ1) is 8.91. The second-order valence-corrected chi connectivity index (χ2v) is 5.58. The van der Waals surface area contributed by atoms with Gasteiger partial charge in [0.15, 0.2) is 5.82 Å². The summed E-state index contributed by atoms with van der Waals surface area (Å²) in [5.74, 6) is 1.35. The smallest absolute Gasteiger partial charge is 0.169 e. The van der Waals surface area contributed by atoms with E-state index < -0.39 is 0 Å². The van der Waals surface area contributed by atoms with Gasteiger partial charge in [0.05, 0.1) is 19.3 Å². The summed E-state index contributed by atoms with van der Waals surface area (Å²) in [6, 6.07) is 7.91. The fraction of sp³-hybridized carbons (Fsp3) is 0.429. The molecule has 2 aromatic rings. The number of aromatic nitrogens is 3. The van der Waals surface area contributed by atoms with Gasteiger partial charge in [0.25, 0.3) is 0 Å². The molecule has 1 aromatic carbocycles. The highest BCUT2D eigenvalue weighted by Crippen LogP contribution is 2.26. The Kier molecular flexibility index (Phi) is 3.46. The predicted octanol–water partition coefficient (Wildman–Crippen LogP) is 2.21. The van der Waals surface area contributed by atoms with Crippen molar-refractivity contribution < 1.29 is 4.74 Å². The summed E-state index contributed by atoms with van der Waals surface area (Å²) >= 11 is 0. The normalized spacial score (nSPS) is 11.6. The van der Waals surface area contributed by atoms with Crippen molar-refractivity contribution in [3.05, 3.63) is 35.5 Å². The molecule has 0 fully saturated rings. The zero-order chi connectivity index (χ0) is 14.0. The molecule has 0 aliphatic rings. The van der Waals surface area contributed by atoms with Crippen LogP contribution in [0.25, 0.3) is 0 Å². The van der Waals surface area contributed by atoms with Crippen molar-refractivity contribution in [3.8, 4) is 5.75 Å². The average Bonchev–Trinajstić information content (AvgIpc) is 2.71. The number of benzene rings is 1. The third kappa shape index (κ3) is 2.86. The van der Waals surface area contributed by atoms with E-state index >= 15 is 0 Å². The van der Waals surface area contributed by atoms with E-state index in [-0.39, 0.29) is 5.41 Å². The van der Waals surface area contributed by atoms with Gasteiger partial charge < -0.3 is 10.5 Å². The molecule has 5 heteroatoms. The van der Waals surface area contributed by atoms with E-state index in [0.717, 1.165) is 17.0 Å². The van der Waals surface area contributed by atoms with Gasteiger partial charge in [-0.2, -0.15) is 0 Å². The molecule has 19 heavy (non-hydrogen) atoms. The van der Waals surface area contributed by atoms with Crippen molar-refractivity contribution in [2.45, 2.75) is 32.7 Å². The number of hydrogen-bond acceptors (Lipinski definition) is 4. The minimum Gasteiger partial charge on any atom is -0.497 e. The van der Waals surface area contributed by atoms with Crippen LogP contribution in [0.15, 0.2) is 24.3 Å². The Labute approximate surface area is 113 Å². The first-order valence-electron chi connectivity index (χ1n) is 6.24. The van der Waals surface area contributed by atoms with Gasteiger partial charge in [0, 0.05) is 5.41 Å². The molecule has 0 spiro atoms. The zero-order valence-electron chi connectivity index (χ0n) is 11.8. The van der Waals surface area contributed by atoms with Crippen LogP contribution in [0.1, 0.15) is 32.0 Å². The topological polar surface area (TPSA) is 66.0 Å². The zero-order valence-corrected chi connectivity index (χ0v) is 11.8. The van der Waals surface area contributed by atoms with Gasteiger partial charge in [-0.1, -0.05) is 38.1 Å². The molecule has 0 saturated heterocycles. The molecule has 0 saturated carbocycles. The first-order valence-corrected chi connectivity index (χ1v) is 6.24. The van der Waals surface area contributed by atoms with Crippen LogP contribution in [0, 0.1) is 0 Å². The number of nitrogens with two attached hydrogens (primary N) is 1. The van der Waals surface area contributed by atoms with Crippen LogP contribution in [0.4, 0.5) is 5.82 Å². The number of ether oxygens (including phenoxy) is 1. The van der Waals surface area contributed by atoms with Crippen LogP contribution in [-0.2, 0) is 12.0 Å².